The fraction of sp³-hybridized carbons (Fsp3) is 0.615. The van der Waals surface area contributed by atoms with Crippen molar-refractivity contribution < 1.29 is 9.90 Å². The number of hydrogen-bond donors (Lipinski definition) is 1. The van der Waals surface area contributed by atoms with Gasteiger partial charge in [-0.05, 0) is 24.7 Å². The van der Waals surface area contributed by atoms with Gasteiger partial charge in [0.2, 0.25) is 0 Å². The predicted molar refractivity (Wildman–Crippen MR) is 66.7 cm³/mol. The largest absolute Gasteiger partial charge is 0.476 e. The topological polar surface area (TPSA) is 66.3 Å². The molecule has 96 valence electrons. The Morgan fingerprint density at radius 3 is 2.72 bits per heavy atom. The van der Waals surface area contributed by atoms with Crippen LogP contribution in [0.4, 0.5) is 5.82 Å². The van der Waals surface area contributed by atoms with E-state index in [0.29, 0.717) is 0 Å². The first-order chi connectivity index (χ1) is 8.72. The van der Waals surface area contributed by atoms with E-state index in [9.17, 15) is 4.79 Å². The van der Waals surface area contributed by atoms with E-state index in [1.54, 1.807) is 6.20 Å². The molecule has 1 aromatic heterocycles. The molecular weight excluding hydrogens is 230 g/mol. The summed E-state index contributed by atoms with van der Waals surface area (Å²) in [5.41, 5.74) is 0.00692. The molecule has 0 bridgehead atoms. The van der Waals surface area contributed by atoms with Crippen LogP contribution in [0.5, 0.6) is 0 Å². The Kier molecular flexibility index (Phi) is 2.89. The molecule has 2 fully saturated rings. The molecule has 0 radical (unpaired) electrons. The maximum atomic E-state index is 10.7. The van der Waals surface area contributed by atoms with Crippen molar-refractivity contribution in [3.63, 3.8) is 0 Å². The van der Waals surface area contributed by atoms with Crippen LogP contribution < -0.4 is 4.90 Å². The molecule has 3 rings (SSSR count). The van der Waals surface area contributed by atoms with Crippen molar-refractivity contribution in [3.05, 3.63) is 18.1 Å². The zero-order chi connectivity index (χ0) is 12.5. The lowest BCUT2D eigenvalue weighted by Crippen LogP contribution is -2.21. The van der Waals surface area contributed by atoms with Crippen molar-refractivity contribution in [2.24, 2.45) is 11.8 Å². The van der Waals surface area contributed by atoms with Crippen molar-refractivity contribution >= 4 is 11.8 Å². The highest BCUT2D eigenvalue weighted by Gasteiger charge is 2.30. The van der Waals surface area contributed by atoms with E-state index < -0.39 is 5.97 Å². The van der Waals surface area contributed by atoms with Gasteiger partial charge in [0.25, 0.3) is 0 Å². The Morgan fingerprint density at radius 1 is 1.28 bits per heavy atom. The smallest absolute Gasteiger partial charge is 0.356 e. The predicted octanol–water partition coefficient (Wildman–Crippen LogP) is 1.80. The molecule has 1 saturated carbocycles. The van der Waals surface area contributed by atoms with Gasteiger partial charge in [0.05, 0.1) is 12.4 Å². The van der Waals surface area contributed by atoms with Gasteiger partial charge in [0.1, 0.15) is 5.82 Å². The first kappa shape index (κ1) is 11.4. The number of carboxylic acid groups (broad SMARTS) is 1. The molecule has 1 unspecified atom stereocenters. The molecular formula is C13H17N3O2. The molecule has 2 heterocycles. The Labute approximate surface area is 106 Å². The van der Waals surface area contributed by atoms with Crippen LogP contribution in [0, 0.1) is 11.8 Å². The van der Waals surface area contributed by atoms with Crippen LogP contribution in [-0.2, 0) is 0 Å². The number of aromatic nitrogens is 2. The van der Waals surface area contributed by atoms with Gasteiger partial charge in [-0.25, -0.2) is 14.8 Å². The summed E-state index contributed by atoms with van der Waals surface area (Å²) in [6, 6.07) is 0. The molecule has 18 heavy (non-hydrogen) atoms. The zero-order valence-electron chi connectivity index (χ0n) is 10.2. The minimum absolute atomic E-state index is 0.00692. The summed E-state index contributed by atoms with van der Waals surface area (Å²) in [5.74, 6) is 1.52. The van der Waals surface area contributed by atoms with E-state index in [1.807, 2.05) is 0 Å². The molecule has 2 aliphatic rings. The maximum Gasteiger partial charge on any atom is 0.356 e. The van der Waals surface area contributed by atoms with Gasteiger partial charge < -0.3 is 10.0 Å². The molecule has 0 aromatic carbocycles. The fourth-order valence-corrected chi connectivity index (χ4v) is 2.65. The molecule has 1 saturated heterocycles. The maximum absolute atomic E-state index is 10.7. The molecule has 0 spiro atoms. The highest BCUT2D eigenvalue weighted by Crippen LogP contribution is 2.38. The third kappa shape index (κ3) is 2.44. The van der Waals surface area contributed by atoms with Crippen LogP contribution in [0.1, 0.15) is 36.2 Å². The van der Waals surface area contributed by atoms with E-state index >= 15 is 0 Å². The van der Waals surface area contributed by atoms with Crippen LogP contribution in [0.25, 0.3) is 0 Å². The lowest BCUT2D eigenvalue weighted by Gasteiger charge is -2.16. The number of carboxylic acids is 1. The minimum Gasteiger partial charge on any atom is -0.476 e. The molecule has 1 N–H and O–H groups in total. The standard InChI is InChI=1S/C13H17N3O2/c17-13(18)11-6-15-12(7-14-11)16-4-3-10(8-16)5-9-1-2-9/h6-7,9-10H,1-5,8H2,(H,17,18). The molecule has 0 amide bonds. The highest BCUT2D eigenvalue weighted by atomic mass is 16.4. The molecule has 1 atom stereocenters. The van der Waals surface area contributed by atoms with E-state index in [4.69, 9.17) is 5.11 Å². The van der Waals surface area contributed by atoms with Crippen LogP contribution in [-0.4, -0.2) is 34.1 Å². The van der Waals surface area contributed by atoms with Crippen LogP contribution in [0.15, 0.2) is 12.4 Å². The Morgan fingerprint density at radius 2 is 2.11 bits per heavy atom. The van der Waals surface area contributed by atoms with Crippen LogP contribution in [0.2, 0.25) is 0 Å². The minimum atomic E-state index is -1.03. The Bertz CT molecular complexity index is 442. The Hall–Kier alpha value is -1.65. The van der Waals surface area contributed by atoms with Crippen molar-refractivity contribution in [1.82, 2.24) is 9.97 Å². The molecule has 1 aromatic rings. The van der Waals surface area contributed by atoms with Gasteiger partial charge in [-0.1, -0.05) is 12.8 Å². The number of rotatable bonds is 4. The van der Waals surface area contributed by atoms with Crippen LogP contribution in [0.3, 0.4) is 0 Å². The second-order valence-electron chi connectivity index (χ2n) is 5.34. The van der Waals surface area contributed by atoms with E-state index in [2.05, 4.69) is 14.9 Å². The lowest BCUT2D eigenvalue weighted by molar-refractivity contribution is 0.0690. The van der Waals surface area contributed by atoms with Crippen molar-refractivity contribution in [3.8, 4) is 0 Å². The quantitative estimate of drug-likeness (QED) is 0.878. The number of hydrogen-bond acceptors (Lipinski definition) is 4. The van der Waals surface area contributed by atoms with Gasteiger partial charge in [0, 0.05) is 13.1 Å². The number of anilines is 1. The van der Waals surface area contributed by atoms with E-state index in [-0.39, 0.29) is 5.69 Å². The van der Waals surface area contributed by atoms with Gasteiger partial charge in [-0.2, -0.15) is 0 Å². The van der Waals surface area contributed by atoms with Gasteiger partial charge in [-0.3, -0.25) is 0 Å². The summed E-state index contributed by atoms with van der Waals surface area (Å²) in [7, 11) is 0. The number of aromatic carboxylic acids is 1. The average Bonchev–Trinajstić information content (AvgIpc) is 3.05. The first-order valence-corrected chi connectivity index (χ1v) is 6.52. The van der Waals surface area contributed by atoms with E-state index in [1.165, 1.54) is 31.9 Å². The second-order valence-corrected chi connectivity index (χ2v) is 5.34. The van der Waals surface area contributed by atoms with Crippen LogP contribution >= 0.6 is 0 Å². The van der Waals surface area contributed by atoms with Crippen molar-refractivity contribution in [1.29, 1.82) is 0 Å². The summed E-state index contributed by atoms with van der Waals surface area (Å²) in [5, 5.41) is 8.77. The summed E-state index contributed by atoms with van der Waals surface area (Å²) in [6.07, 6.45) is 8.29. The first-order valence-electron chi connectivity index (χ1n) is 6.52. The number of nitrogens with zero attached hydrogens (tertiary/aromatic N) is 3. The molecule has 5 nitrogen and oxygen atoms in total. The molecule has 5 heteroatoms. The normalized spacial score (nSPS) is 23.3. The summed E-state index contributed by atoms with van der Waals surface area (Å²) in [6.45, 7) is 2.05. The van der Waals surface area contributed by atoms with Gasteiger partial charge in [0.15, 0.2) is 5.69 Å². The van der Waals surface area contributed by atoms with Gasteiger partial charge >= 0.3 is 5.97 Å². The Balaban J connectivity index is 1.62. The summed E-state index contributed by atoms with van der Waals surface area (Å²) < 4.78 is 0. The third-order valence-corrected chi connectivity index (χ3v) is 3.83. The average molecular weight is 247 g/mol. The monoisotopic (exact) mass is 247 g/mol. The highest BCUT2D eigenvalue weighted by molar-refractivity contribution is 5.84. The molecule has 1 aliphatic carbocycles. The third-order valence-electron chi connectivity index (χ3n) is 3.83. The zero-order valence-corrected chi connectivity index (χ0v) is 10.2. The SMILES string of the molecule is O=C(O)c1cnc(N2CCC(CC3CC3)C2)cn1. The fourth-order valence-electron chi connectivity index (χ4n) is 2.65. The van der Waals surface area contributed by atoms with Crippen molar-refractivity contribution in [2.75, 3.05) is 18.0 Å². The summed E-state index contributed by atoms with van der Waals surface area (Å²) >= 11 is 0. The second kappa shape index (κ2) is 4.55. The summed E-state index contributed by atoms with van der Waals surface area (Å²) in [4.78, 5) is 21.0. The van der Waals surface area contributed by atoms with Gasteiger partial charge in [-0.15, -0.1) is 0 Å². The number of carbonyl (C=O) groups is 1. The van der Waals surface area contributed by atoms with Crippen molar-refractivity contribution in [2.45, 2.75) is 25.7 Å². The molecule has 1 aliphatic heterocycles. The lowest BCUT2D eigenvalue weighted by atomic mass is 10.0. The van der Waals surface area contributed by atoms with E-state index in [0.717, 1.165) is 30.7 Å².